The van der Waals surface area contributed by atoms with Gasteiger partial charge >= 0.3 is 0 Å². The number of halogens is 1. The zero-order chi connectivity index (χ0) is 14.0. The molecule has 1 saturated heterocycles. The number of carbonyl (C=O) groups excluding carboxylic acids is 1. The Hall–Kier alpha value is -1.26. The topological polar surface area (TPSA) is 66.6 Å². The number of nitrogens with two attached hydrogens (primary N) is 1. The van der Waals surface area contributed by atoms with E-state index in [-0.39, 0.29) is 5.91 Å². The van der Waals surface area contributed by atoms with Crippen molar-refractivity contribution >= 4 is 23.2 Å². The number of benzene rings is 1. The van der Waals surface area contributed by atoms with Gasteiger partial charge < -0.3 is 15.7 Å². The molecule has 1 unspecified atom stereocenters. The van der Waals surface area contributed by atoms with Gasteiger partial charge in [-0.1, -0.05) is 11.6 Å². The highest BCUT2D eigenvalue weighted by atomic mass is 35.5. The molecule has 104 valence electrons. The molecule has 1 fully saturated rings. The summed E-state index contributed by atoms with van der Waals surface area (Å²) < 4.78 is 0. The van der Waals surface area contributed by atoms with Gasteiger partial charge in [-0.15, -0.1) is 0 Å². The van der Waals surface area contributed by atoms with Crippen LogP contribution >= 0.6 is 11.6 Å². The Bertz CT molecular complexity index is 468. The molecule has 4 nitrogen and oxygen atoms in total. The quantitative estimate of drug-likeness (QED) is 0.777. The van der Waals surface area contributed by atoms with E-state index in [4.69, 9.17) is 17.3 Å². The number of rotatable bonds is 1. The van der Waals surface area contributed by atoms with Crippen LogP contribution in [-0.4, -0.2) is 34.6 Å². The zero-order valence-electron chi connectivity index (χ0n) is 11.0. The van der Waals surface area contributed by atoms with Crippen LogP contribution in [0, 0.1) is 0 Å². The molecule has 0 radical (unpaired) electrons. The van der Waals surface area contributed by atoms with Crippen LogP contribution in [0.5, 0.6) is 0 Å². The van der Waals surface area contributed by atoms with E-state index in [1.54, 1.807) is 23.1 Å². The highest BCUT2D eigenvalue weighted by Gasteiger charge is 2.27. The molecule has 1 aliphatic rings. The van der Waals surface area contributed by atoms with Gasteiger partial charge in [-0.25, -0.2) is 0 Å². The smallest absolute Gasteiger partial charge is 0.253 e. The van der Waals surface area contributed by atoms with E-state index in [0.717, 1.165) is 6.42 Å². The maximum Gasteiger partial charge on any atom is 0.253 e. The second-order valence-corrected chi connectivity index (χ2v) is 5.85. The van der Waals surface area contributed by atoms with E-state index in [0.29, 0.717) is 42.2 Å². The molecule has 0 spiro atoms. The van der Waals surface area contributed by atoms with Crippen LogP contribution in [0.1, 0.15) is 36.5 Å². The molecule has 2 rings (SSSR count). The predicted molar refractivity (Wildman–Crippen MR) is 76.2 cm³/mol. The Morgan fingerprint density at radius 1 is 1.37 bits per heavy atom. The summed E-state index contributed by atoms with van der Waals surface area (Å²) in [5.74, 6) is -0.0769. The SMILES string of the molecule is CC1(O)CCCN(C(=O)c2cc(N)cc(Cl)c2)CC1. The lowest BCUT2D eigenvalue weighted by molar-refractivity contribution is 0.0438. The first-order chi connectivity index (χ1) is 8.87. The average molecular weight is 283 g/mol. The van der Waals surface area contributed by atoms with Crippen molar-refractivity contribution in [3.05, 3.63) is 28.8 Å². The fourth-order valence-corrected chi connectivity index (χ4v) is 2.63. The lowest BCUT2D eigenvalue weighted by Gasteiger charge is -2.22. The first-order valence-corrected chi connectivity index (χ1v) is 6.83. The van der Waals surface area contributed by atoms with Gasteiger partial charge in [0.2, 0.25) is 0 Å². The van der Waals surface area contributed by atoms with Crippen molar-refractivity contribution in [2.45, 2.75) is 31.8 Å². The molecular formula is C14H19ClN2O2. The van der Waals surface area contributed by atoms with Gasteiger partial charge in [-0.3, -0.25) is 4.79 Å². The molecule has 1 heterocycles. The number of likely N-dealkylation sites (tertiary alicyclic amines) is 1. The molecule has 1 amide bonds. The van der Waals surface area contributed by atoms with Crippen molar-refractivity contribution in [2.75, 3.05) is 18.8 Å². The standard InChI is InChI=1S/C14H19ClN2O2/c1-14(19)3-2-5-17(6-4-14)13(18)10-7-11(15)9-12(16)8-10/h7-9,19H,2-6,16H2,1H3. The van der Waals surface area contributed by atoms with Gasteiger partial charge in [0, 0.05) is 29.4 Å². The summed E-state index contributed by atoms with van der Waals surface area (Å²) in [5.41, 5.74) is 6.02. The number of amides is 1. The second kappa shape index (κ2) is 5.39. The van der Waals surface area contributed by atoms with Gasteiger partial charge in [0.15, 0.2) is 0 Å². The number of hydrogen-bond acceptors (Lipinski definition) is 3. The Morgan fingerprint density at radius 2 is 2.11 bits per heavy atom. The summed E-state index contributed by atoms with van der Waals surface area (Å²) in [6.07, 6.45) is 2.11. The minimum atomic E-state index is -0.678. The molecule has 19 heavy (non-hydrogen) atoms. The summed E-state index contributed by atoms with van der Waals surface area (Å²) in [6.45, 7) is 3.03. The van der Waals surface area contributed by atoms with E-state index in [1.807, 2.05) is 6.92 Å². The summed E-state index contributed by atoms with van der Waals surface area (Å²) in [6, 6.07) is 4.88. The fourth-order valence-electron chi connectivity index (χ4n) is 2.38. The number of nitrogen functional groups attached to an aromatic ring is 1. The number of nitrogens with zero attached hydrogens (tertiary/aromatic N) is 1. The Kier molecular flexibility index (Phi) is 4.02. The Labute approximate surface area is 118 Å². The predicted octanol–water partition coefficient (Wildman–Crippen LogP) is 2.30. The van der Waals surface area contributed by atoms with E-state index in [1.165, 1.54) is 0 Å². The molecule has 0 aromatic heterocycles. The van der Waals surface area contributed by atoms with Crippen molar-refractivity contribution in [2.24, 2.45) is 0 Å². The first kappa shape index (κ1) is 14.2. The molecular weight excluding hydrogens is 264 g/mol. The number of carbonyl (C=O) groups is 1. The van der Waals surface area contributed by atoms with Crippen molar-refractivity contribution in [1.29, 1.82) is 0 Å². The van der Waals surface area contributed by atoms with Gasteiger partial charge in [-0.2, -0.15) is 0 Å². The molecule has 5 heteroatoms. The molecule has 0 aliphatic carbocycles. The zero-order valence-corrected chi connectivity index (χ0v) is 11.8. The molecule has 0 bridgehead atoms. The average Bonchev–Trinajstić information content (AvgIpc) is 2.48. The largest absolute Gasteiger partial charge is 0.399 e. The highest BCUT2D eigenvalue weighted by Crippen LogP contribution is 2.24. The molecule has 0 saturated carbocycles. The Balaban J connectivity index is 2.15. The van der Waals surface area contributed by atoms with Crippen LogP contribution in [0.2, 0.25) is 5.02 Å². The number of aliphatic hydroxyl groups is 1. The monoisotopic (exact) mass is 282 g/mol. The van der Waals surface area contributed by atoms with Crippen molar-refractivity contribution in [3.8, 4) is 0 Å². The lowest BCUT2D eigenvalue weighted by atomic mass is 9.98. The van der Waals surface area contributed by atoms with Crippen LogP contribution < -0.4 is 5.73 Å². The van der Waals surface area contributed by atoms with Crippen LogP contribution in [0.4, 0.5) is 5.69 Å². The van der Waals surface area contributed by atoms with Crippen LogP contribution in [0.15, 0.2) is 18.2 Å². The maximum atomic E-state index is 12.4. The fraction of sp³-hybridized carbons (Fsp3) is 0.500. The molecule has 3 N–H and O–H groups in total. The van der Waals surface area contributed by atoms with Crippen LogP contribution in [0.3, 0.4) is 0 Å². The third-order valence-corrected chi connectivity index (χ3v) is 3.74. The van der Waals surface area contributed by atoms with E-state index in [2.05, 4.69) is 0 Å². The number of anilines is 1. The molecule has 1 atom stereocenters. The third-order valence-electron chi connectivity index (χ3n) is 3.52. The van der Waals surface area contributed by atoms with E-state index in [9.17, 15) is 9.90 Å². The third kappa shape index (κ3) is 3.61. The highest BCUT2D eigenvalue weighted by molar-refractivity contribution is 6.31. The summed E-state index contributed by atoms with van der Waals surface area (Å²) in [4.78, 5) is 14.2. The minimum Gasteiger partial charge on any atom is -0.399 e. The van der Waals surface area contributed by atoms with Crippen molar-refractivity contribution in [3.63, 3.8) is 0 Å². The molecule has 1 aromatic carbocycles. The molecule has 1 aromatic rings. The van der Waals surface area contributed by atoms with Gasteiger partial charge in [0.1, 0.15) is 0 Å². The summed E-state index contributed by atoms with van der Waals surface area (Å²) >= 11 is 5.92. The Morgan fingerprint density at radius 3 is 2.79 bits per heavy atom. The second-order valence-electron chi connectivity index (χ2n) is 5.42. The summed E-state index contributed by atoms with van der Waals surface area (Å²) in [5, 5.41) is 10.5. The van der Waals surface area contributed by atoms with E-state index < -0.39 is 5.60 Å². The lowest BCUT2D eigenvalue weighted by Crippen LogP contribution is -2.33. The van der Waals surface area contributed by atoms with Crippen molar-refractivity contribution in [1.82, 2.24) is 4.90 Å². The number of hydrogen-bond donors (Lipinski definition) is 2. The van der Waals surface area contributed by atoms with Gasteiger partial charge in [0.05, 0.1) is 5.60 Å². The maximum absolute atomic E-state index is 12.4. The van der Waals surface area contributed by atoms with Crippen molar-refractivity contribution < 1.29 is 9.90 Å². The normalized spacial score (nSPS) is 24.1. The van der Waals surface area contributed by atoms with Gasteiger partial charge in [0.25, 0.3) is 5.91 Å². The van der Waals surface area contributed by atoms with Crippen LogP contribution in [0.25, 0.3) is 0 Å². The minimum absolute atomic E-state index is 0.0769. The van der Waals surface area contributed by atoms with Gasteiger partial charge in [-0.05, 0) is 44.4 Å². The summed E-state index contributed by atoms with van der Waals surface area (Å²) in [7, 11) is 0. The first-order valence-electron chi connectivity index (χ1n) is 6.45. The van der Waals surface area contributed by atoms with Crippen LogP contribution in [-0.2, 0) is 0 Å². The molecule has 1 aliphatic heterocycles. The van der Waals surface area contributed by atoms with E-state index >= 15 is 0 Å².